The van der Waals surface area contributed by atoms with Crippen molar-refractivity contribution in [3.05, 3.63) is 54.1 Å². The number of aromatic nitrogens is 5. The van der Waals surface area contributed by atoms with Gasteiger partial charge in [-0.3, -0.25) is 4.79 Å². The number of hydrogen-bond acceptors (Lipinski definition) is 7. The molecule has 1 aromatic carbocycles. The Hall–Kier alpha value is -3.75. The van der Waals surface area contributed by atoms with Crippen LogP contribution in [0.1, 0.15) is 49.2 Å². The van der Waals surface area contributed by atoms with Crippen molar-refractivity contribution >= 4 is 28.4 Å². The number of hydrogen-bond donors (Lipinski definition) is 1. The van der Waals surface area contributed by atoms with Crippen LogP contribution in [-0.2, 0) is 6.42 Å². The largest absolute Gasteiger partial charge is 0.490 e. The number of amides is 1. The Labute approximate surface area is 198 Å². The normalized spacial score (nSPS) is 15.8. The Morgan fingerprint density at radius 1 is 1.21 bits per heavy atom. The van der Waals surface area contributed by atoms with Crippen molar-refractivity contribution in [3.63, 3.8) is 0 Å². The highest BCUT2D eigenvalue weighted by molar-refractivity contribution is 5.99. The number of anilines is 1. The van der Waals surface area contributed by atoms with E-state index < -0.39 is 0 Å². The Balaban J connectivity index is 1.50. The van der Waals surface area contributed by atoms with Gasteiger partial charge in [-0.2, -0.15) is 14.6 Å². The van der Waals surface area contributed by atoms with Crippen LogP contribution in [0.4, 0.5) is 5.82 Å². The first-order valence-corrected chi connectivity index (χ1v) is 11.9. The first-order valence-electron chi connectivity index (χ1n) is 11.9. The van der Waals surface area contributed by atoms with Gasteiger partial charge in [0.05, 0.1) is 11.6 Å². The summed E-state index contributed by atoms with van der Waals surface area (Å²) >= 11 is 0. The van der Waals surface area contributed by atoms with Crippen molar-refractivity contribution in [1.82, 2.24) is 29.9 Å². The summed E-state index contributed by atoms with van der Waals surface area (Å²) in [5.41, 5.74) is 2.10. The molecule has 1 fully saturated rings. The van der Waals surface area contributed by atoms with E-state index in [1.54, 1.807) is 10.7 Å². The Morgan fingerprint density at radius 2 is 2.09 bits per heavy atom. The van der Waals surface area contributed by atoms with Gasteiger partial charge in [0, 0.05) is 30.2 Å². The summed E-state index contributed by atoms with van der Waals surface area (Å²) in [5.74, 6) is 2.15. The van der Waals surface area contributed by atoms with Gasteiger partial charge in [-0.25, -0.2) is 9.97 Å². The van der Waals surface area contributed by atoms with Crippen LogP contribution >= 0.6 is 0 Å². The molecule has 4 aromatic rings. The van der Waals surface area contributed by atoms with Crippen LogP contribution in [0.3, 0.4) is 0 Å². The molecule has 0 aliphatic carbocycles. The average Bonchev–Trinajstić information content (AvgIpc) is 3.52. The second-order valence-corrected chi connectivity index (χ2v) is 8.47. The number of benzene rings is 1. The summed E-state index contributed by atoms with van der Waals surface area (Å²) in [4.78, 5) is 28.4. The number of pyridine rings is 1. The number of fused-ring (bicyclic) bond motifs is 2. The number of para-hydroxylation sites is 1. The molecule has 1 amide bonds. The van der Waals surface area contributed by atoms with E-state index in [1.807, 2.05) is 37.3 Å². The van der Waals surface area contributed by atoms with Crippen molar-refractivity contribution in [2.24, 2.45) is 0 Å². The molecular weight excluding hydrogens is 430 g/mol. The predicted octanol–water partition coefficient (Wildman–Crippen LogP) is 3.42. The SMILES string of the molecule is CCCc1c(C(=O)NCC)nc2ccccc2c1OC[C@H]1CCCN1c1ccnc2ncnn12. The third kappa shape index (κ3) is 4.02. The monoisotopic (exact) mass is 459 g/mol. The van der Waals surface area contributed by atoms with Gasteiger partial charge in [0.15, 0.2) is 0 Å². The molecule has 9 heteroatoms. The van der Waals surface area contributed by atoms with Crippen molar-refractivity contribution in [3.8, 4) is 5.75 Å². The van der Waals surface area contributed by atoms with Gasteiger partial charge in [-0.05, 0) is 44.4 Å². The molecule has 0 bridgehead atoms. The Morgan fingerprint density at radius 3 is 2.94 bits per heavy atom. The minimum absolute atomic E-state index is 0.158. The quantitative estimate of drug-likeness (QED) is 0.431. The summed E-state index contributed by atoms with van der Waals surface area (Å²) in [5, 5.41) is 8.19. The molecule has 0 unspecified atom stereocenters. The maximum atomic E-state index is 12.9. The molecule has 1 aliphatic heterocycles. The lowest BCUT2D eigenvalue weighted by atomic mass is 10.0. The summed E-state index contributed by atoms with van der Waals surface area (Å²) < 4.78 is 8.35. The van der Waals surface area contributed by atoms with Crippen molar-refractivity contribution in [2.75, 3.05) is 24.6 Å². The van der Waals surface area contributed by atoms with Crippen LogP contribution in [0.15, 0.2) is 42.9 Å². The summed E-state index contributed by atoms with van der Waals surface area (Å²) in [7, 11) is 0. The van der Waals surface area contributed by atoms with E-state index in [9.17, 15) is 4.79 Å². The predicted molar refractivity (Wildman–Crippen MR) is 130 cm³/mol. The van der Waals surface area contributed by atoms with Gasteiger partial charge >= 0.3 is 0 Å². The van der Waals surface area contributed by atoms with Crippen LogP contribution in [0, 0.1) is 0 Å². The molecule has 9 nitrogen and oxygen atoms in total. The van der Waals surface area contributed by atoms with Gasteiger partial charge in [0.1, 0.15) is 30.2 Å². The number of nitrogens with one attached hydrogen (secondary N) is 1. The number of rotatable bonds is 8. The molecule has 34 heavy (non-hydrogen) atoms. The summed E-state index contributed by atoms with van der Waals surface area (Å²) in [6, 6.07) is 10.0. The van der Waals surface area contributed by atoms with E-state index in [0.29, 0.717) is 24.6 Å². The third-order valence-corrected chi connectivity index (χ3v) is 6.25. The molecule has 0 radical (unpaired) electrons. The second-order valence-electron chi connectivity index (χ2n) is 8.47. The number of carbonyl (C=O) groups excluding carboxylic acids is 1. The summed E-state index contributed by atoms with van der Waals surface area (Å²) in [6.45, 7) is 5.98. The molecule has 1 saturated heterocycles. The standard InChI is InChI=1S/C25H29N7O2/c1-3-8-19-22(24(33)26-4-2)30-20-11-6-5-10-18(20)23(19)34-15-17-9-7-14-31(17)21-12-13-27-25-28-16-29-32(21)25/h5-6,10-13,16-17H,3-4,7-9,14-15H2,1-2H3,(H,26,33)/t17-/m1/s1. The second kappa shape index (κ2) is 9.62. The fourth-order valence-corrected chi connectivity index (χ4v) is 4.73. The van der Waals surface area contributed by atoms with Crippen molar-refractivity contribution in [1.29, 1.82) is 0 Å². The molecule has 1 N–H and O–H groups in total. The van der Waals surface area contributed by atoms with Crippen LogP contribution < -0.4 is 15.0 Å². The zero-order valence-corrected chi connectivity index (χ0v) is 19.6. The molecule has 5 rings (SSSR count). The van der Waals surface area contributed by atoms with Crippen LogP contribution in [-0.4, -0.2) is 56.2 Å². The lowest BCUT2D eigenvalue weighted by molar-refractivity contribution is 0.0949. The van der Waals surface area contributed by atoms with E-state index >= 15 is 0 Å². The fraction of sp³-hybridized carbons (Fsp3) is 0.400. The Kier molecular flexibility index (Phi) is 6.24. The molecule has 1 atom stereocenters. The highest BCUT2D eigenvalue weighted by atomic mass is 16.5. The van der Waals surface area contributed by atoms with Crippen molar-refractivity contribution in [2.45, 2.75) is 45.6 Å². The maximum Gasteiger partial charge on any atom is 0.270 e. The molecule has 1 aliphatic rings. The molecule has 176 valence electrons. The minimum Gasteiger partial charge on any atom is -0.490 e. The van der Waals surface area contributed by atoms with E-state index in [2.05, 4.69) is 32.2 Å². The molecule has 3 aromatic heterocycles. The topological polar surface area (TPSA) is 97.5 Å². The summed E-state index contributed by atoms with van der Waals surface area (Å²) in [6.07, 6.45) is 6.97. The Bertz CT molecular complexity index is 1320. The number of ether oxygens (including phenoxy) is 1. The maximum absolute atomic E-state index is 12.9. The van der Waals surface area contributed by atoms with Gasteiger partial charge in [-0.1, -0.05) is 25.5 Å². The molecule has 4 heterocycles. The minimum atomic E-state index is -0.158. The fourth-order valence-electron chi connectivity index (χ4n) is 4.73. The zero-order valence-electron chi connectivity index (χ0n) is 19.6. The molecular formula is C25H29N7O2. The van der Waals surface area contributed by atoms with E-state index in [-0.39, 0.29) is 11.9 Å². The number of carbonyl (C=O) groups is 1. The number of nitrogens with zero attached hydrogens (tertiary/aromatic N) is 6. The average molecular weight is 460 g/mol. The lowest BCUT2D eigenvalue weighted by Crippen LogP contribution is -2.35. The highest BCUT2D eigenvalue weighted by Crippen LogP contribution is 2.33. The lowest BCUT2D eigenvalue weighted by Gasteiger charge is -2.27. The van der Waals surface area contributed by atoms with Gasteiger partial charge in [0.25, 0.3) is 11.7 Å². The van der Waals surface area contributed by atoms with Crippen LogP contribution in [0.5, 0.6) is 5.75 Å². The van der Waals surface area contributed by atoms with Crippen LogP contribution in [0.2, 0.25) is 0 Å². The van der Waals surface area contributed by atoms with E-state index in [4.69, 9.17) is 9.72 Å². The first-order chi connectivity index (χ1) is 16.7. The molecule has 0 spiro atoms. The van der Waals surface area contributed by atoms with Gasteiger partial charge in [-0.15, -0.1) is 0 Å². The van der Waals surface area contributed by atoms with E-state index in [1.165, 1.54) is 6.33 Å². The molecule has 0 saturated carbocycles. The first kappa shape index (κ1) is 22.1. The highest BCUT2D eigenvalue weighted by Gasteiger charge is 2.29. The third-order valence-electron chi connectivity index (χ3n) is 6.25. The zero-order chi connectivity index (χ0) is 23.5. The van der Waals surface area contributed by atoms with Crippen LogP contribution in [0.25, 0.3) is 16.7 Å². The van der Waals surface area contributed by atoms with Gasteiger partial charge < -0.3 is 15.0 Å². The van der Waals surface area contributed by atoms with Gasteiger partial charge in [0.2, 0.25) is 0 Å². The smallest absolute Gasteiger partial charge is 0.270 e. The van der Waals surface area contributed by atoms with E-state index in [0.717, 1.165) is 60.3 Å². The van der Waals surface area contributed by atoms with Crippen molar-refractivity contribution < 1.29 is 9.53 Å².